The van der Waals surface area contributed by atoms with E-state index in [1.807, 2.05) is 17.5 Å². The maximum atomic E-state index is 12.2. The Morgan fingerprint density at radius 2 is 2.21 bits per heavy atom. The summed E-state index contributed by atoms with van der Waals surface area (Å²) in [5.74, 6) is 1.28. The first-order valence-electron chi connectivity index (χ1n) is 7.46. The molecule has 24 heavy (non-hydrogen) atoms. The molecule has 0 radical (unpaired) electrons. The van der Waals surface area contributed by atoms with Crippen molar-refractivity contribution in [2.45, 2.75) is 25.1 Å². The Hall–Kier alpha value is -2.06. The summed E-state index contributed by atoms with van der Waals surface area (Å²) in [4.78, 5) is 13.4. The van der Waals surface area contributed by atoms with E-state index in [9.17, 15) is 4.79 Å². The summed E-state index contributed by atoms with van der Waals surface area (Å²) in [7, 11) is 0. The Labute approximate surface area is 147 Å². The molecule has 1 N–H and O–H groups in total. The number of carbonyl (C=O) groups is 1. The van der Waals surface area contributed by atoms with E-state index in [-0.39, 0.29) is 17.7 Å². The lowest BCUT2D eigenvalue weighted by Crippen LogP contribution is -2.32. The summed E-state index contributed by atoms with van der Waals surface area (Å²) in [6, 6.07) is 7.53. The second kappa shape index (κ2) is 7.67. The Kier molecular flexibility index (Phi) is 5.37. The second-order valence-corrected chi connectivity index (χ2v) is 7.35. The summed E-state index contributed by atoms with van der Waals surface area (Å²) < 4.78 is 10.7. The molecule has 126 valence electrons. The lowest BCUT2D eigenvalue weighted by molar-refractivity contribution is -0.119. The number of thioether (sulfide) groups is 1. The van der Waals surface area contributed by atoms with Gasteiger partial charge >= 0.3 is 0 Å². The Morgan fingerprint density at radius 1 is 1.33 bits per heavy atom. The van der Waals surface area contributed by atoms with Crippen LogP contribution in [0.1, 0.15) is 24.8 Å². The predicted octanol–water partition coefficient (Wildman–Crippen LogP) is 4.00. The van der Waals surface area contributed by atoms with E-state index in [4.69, 9.17) is 8.83 Å². The van der Waals surface area contributed by atoms with Crippen LogP contribution in [0.25, 0.3) is 11.7 Å². The molecule has 3 heterocycles. The highest BCUT2D eigenvalue weighted by Crippen LogP contribution is 2.27. The zero-order valence-corrected chi connectivity index (χ0v) is 14.9. The minimum absolute atomic E-state index is 0.0134. The molecule has 0 saturated carbocycles. The van der Waals surface area contributed by atoms with Gasteiger partial charge in [0.05, 0.1) is 18.1 Å². The fourth-order valence-corrected chi connectivity index (χ4v) is 3.67. The quantitative estimate of drug-likeness (QED) is 0.639. The van der Waals surface area contributed by atoms with Crippen LogP contribution in [0.5, 0.6) is 0 Å². The molecule has 0 saturated heterocycles. The SMILES string of the molecule is CC(C)C(NC(=O)CSc1nnc(-c2ccco2)o1)c1cccs1. The van der Waals surface area contributed by atoms with Crippen molar-refractivity contribution in [2.24, 2.45) is 5.92 Å². The van der Waals surface area contributed by atoms with Gasteiger partial charge in [-0.2, -0.15) is 0 Å². The molecule has 0 aliphatic carbocycles. The third-order valence-electron chi connectivity index (χ3n) is 3.30. The van der Waals surface area contributed by atoms with Gasteiger partial charge < -0.3 is 14.2 Å². The van der Waals surface area contributed by atoms with Crippen LogP contribution in [-0.2, 0) is 4.79 Å². The minimum Gasteiger partial charge on any atom is -0.459 e. The van der Waals surface area contributed by atoms with E-state index >= 15 is 0 Å². The van der Waals surface area contributed by atoms with E-state index in [0.717, 1.165) is 4.88 Å². The van der Waals surface area contributed by atoms with Crippen LogP contribution in [0, 0.1) is 5.92 Å². The summed E-state index contributed by atoms with van der Waals surface area (Å²) in [5, 5.41) is 13.2. The van der Waals surface area contributed by atoms with Gasteiger partial charge in [0.15, 0.2) is 5.76 Å². The van der Waals surface area contributed by atoms with E-state index in [1.54, 1.807) is 23.5 Å². The van der Waals surface area contributed by atoms with Crippen LogP contribution in [0.3, 0.4) is 0 Å². The standard InChI is InChI=1S/C16H17N3O3S2/c1-10(2)14(12-6-4-8-23-12)17-13(20)9-24-16-19-18-15(22-16)11-5-3-7-21-11/h3-8,10,14H,9H2,1-2H3,(H,17,20). The fraction of sp³-hybridized carbons (Fsp3) is 0.312. The number of thiophene rings is 1. The van der Waals surface area contributed by atoms with Gasteiger partial charge in [-0.15, -0.1) is 21.5 Å². The summed E-state index contributed by atoms with van der Waals surface area (Å²) in [5.41, 5.74) is 0. The van der Waals surface area contributed by atoms with Gasteiger partial charge in [-0.25, -0.2) is 0 Å². The van der Waals surface area contributed by atoms with Crippen LogP contribution in [0.15, 0.2) is 50.0 Å². The van der Waals surface area contributed by atoms with Crippen molar-refractivity contribution in [1.82, 2.24) is 15.5 Å². The molecule has 0 spiro atoms. The van der Waals surface area contributed by atoms with Crippen molar-refractivity contribution in [2.75, 3.05) is 5.75 Å². The maximum absolute atomic E-state index is 12.2. The van der Waals surface area contributed by atoms with E-state index < -0.39 is 0 Å². The second-order valence-electron chi connectivity index (χ2n) is 5.44. The number of aromatic nitrogens is 2. The molecule has 0 aromatic carbocycles. The zero-order chi connectivity index (χ0) is 16.9. The monoisotopic (exact) mass is 363 g/mol. The Bertz CT molecular complexity index is 766. The van der Waals surface area contributed by atoms with Gasteiger partial charge in [0.25, 0.3) is 11.1 Å². The van der Waals surface area contributed by atoms with Crippen LogP contribution in [-0.4, -0.2) is 21.9 Å². The predicted molar refractivity (Wildman–Crippen MR) is 92.8 cm³/mol. The van der Waals surface area contributed by atoms with E-state index in [2.05, 4.69) is 29.4 Å². The molecule has 3 aromatic heterocycles. The number of nitrogens with zero attached hydrogens (tertiary/aromatic N) is 2. The summed E-state index contributed by atoms with van der Waals surface area (Å²) >= 11 is 2.85. The lowest BCUT2D eigenvalue weighted by atomic mass is 10.0. The van der Waals surface area contributed by atoms with Gasteiger partial charge in [-0.3, -0.25) is 4.79 Å². The van der Waals surface area contributed by atoms with Crippen LogP contribution in [0.2, 0.25) is 0 Å². The molecule has 3 aromatic rings. The first kappa shape index (κ1) is 16.8. The highest BCUT2D eigenvalue weighted by molar-refractivity contribution is 7.99. The molecule has 1 amide bonds. The van der Waals surface area contributed by atoms with Crippen molar-refractivity contribution < 1.29 is 13.6 Å². The van der Waals surface area contributed by atoms with Gasteiger partial charge in [-0.1, -0.05) is 31.7 Å². The van der Waals surface area contributed by atoms with Crippen LogP contribution in [0.4, 0.5) is 0 Å². The zero-order valence-electron chi connectivity index (χ0n) is 13.3. The molecule has 0 aliphatic heterocycles. The molecule has 0 aliphatic rings. The number of furan rings is 1. The largest absolute Gasteiger partial charge is 0.459 e. The number of amides is 1. The third kappa shape index (κ3) is 4.07. The number of carbonyl (C=O) groups excluding carboxylic acids is 1. The van der Waals surface area contributed by atoms with Gasteiger partial charge in [0.1, 0.15) is 0 Å². The number of hydrogen-bond donors (Lipinski definition) is 1. The van der Waals surface area contributed by atoms with Crippen molar-refractivity contribution >= 4 is 29.0 Å². The topological polar surface area (TPSA) is 81.2 Å². The van der Waals surface area contributed by atoms with Gasteiger partial charge in [0, 0.05) is 4.88 Å². The average Bonchev–Trinajstić information content (AvgIpc) is 3.32. The van der Waals surface area contributed by atoms with Gasteiger partial charge in [0.2, 0.25) is 5.91 Å². The van der Waals surface area contributed by atoms with Crippen molar-refractivity contribution in [1.29, 1.82) is 0 Å². The minimum atomic E-state index is -0.0650. The Morgan fingerprint density at radius 3 is 2.88 bits per heavy atom. The molecule has 1 atom stereocenters. The Balaban J connectivity index is 1.55. The summed E-state index contributed by atoms with van der Waals surface area (Å²) in [6.07, 6.45) is 1.54. The van der Waals surface area contributed by atoms with Crippen molar-refractivity contribution in [3.05, 3.63) is 40.8 Å². The molecule has 0 bridgehead atoms. The molecule has 3 rings (SSSR count). The molecule has 0 fully saturated rings. The first-order valence-corrected chi connectivity index (χ1v) is 9.33. The molecule has 8 heteroatoms. The normalized spacial score (nSPS) is 12.5. The van der Waals surface area contributed by atoms with Crippen LogP contribution >= 0.6 is 23.1 Å². The third-order valence-corrected chi connectivity index (χ3v) is 5.07. The first-order chi connectivity index (χ1) is 11.6. The highest BCUT2D eigenvalue weighted by Gasteiger charge is 2.20. The molecular weight excluding hydrogens is 346 g/mol. The molecule has 1 unspecified atom stereocenters. The number of hydrogen-bond acceptors (Lipinski definition) is 7. The van der Waals surface area contributed by atoms with Crippen LogP contribution < -0.4 is 5.32 Å². The van der Waals surface area contributed by atoms with E-state index in [0.29, 0.717) is 22.8 Å². The summed E-state index contributed by atoms with van der Waals surface area (Å²) in [6.45, 7) is 4.18. The van der Waals surface area contributed by atoms with E-state index in [1.165, 1.54) is 18.0 Å². The molecular formula is C16H17N3O3S2. The highest BCUT2D eigenvalue weighted by atomic mass is 32.2. The number of rotatable bonds is 7. The average molecular weight is 363 g/mol. The van der Waals surface area contributed by atoms with Crippen molar-refractivity contribution in [3.8, 4) is 11.7 Å². The maximum Gasteiger partial charge on any atom is 0.284 e. The fourth-order valence-electron chi connectivity index (χ4n) is 2.14. The van der Waals surface area contributed by atoms with Gasteiger partial charge in [-0.05, 0) is 29.5 Å². The lowest BCUT2D eigenvalue weighted by Gasteiger charge is -2.20. The van der Waals surface area contributed by atoms with Crippen molar-refractivity contribution in [3.63, 3.8) is 0 Å². The number of nitrogens with one attached hydrogen (secondary N) is 1. The smallest absolute Gasteiger partial charge is 0.284 e. The molecule has 6 nitrogen and oxygen atoms in total.